The second-order valence-corrected chi connectivity index (χ2v) is 8.89. The van der Waals surface area contributed by atoms with E-state index in [1.54, 1.807) is 47.2 Å². The molecule has 0 saturated carbocycles. The number of hydrogen-bond donors (Lipinski definition) is 1. The van der Waals surface area contributed by atoms with E-state index in [2.05, 4.69) is 15.2 Å². The first-order chi connectivity index (χ1) is 18.8. The average Bonchev–Trinajstić information content (AvgIpc) is 2.94. The zero-order valence-corrected chi connectivity index (χ0v) is 21.5. The Kier molecular flexibility index (Phi) is 9.35. The lowest BCUT2D eigenvalue weighted by molar-refractivity contribution is -0.382. The Morgan fingerprint density at radius 3 is 2.15 bits per heavy atom. The largest absolute Gasteiger partial charge is 0.542 e. The zero-order chi connectivity index (χ0) is 29.6. The molecule has 2 aromatic heterocycles. The van der Waals surface area contributed by atoms with Gasteiger partial charge in [-0.15, -0.1) is 0 Å². The molecule has 14 heteroatoms. The summed E-state index contributed by atoms with van der Waals surface area (Å²) in [5.74, 6) is -4.14. The number of aliphatic carboxylic acids is 1. The van der Waals surface area contributed by atoms with Gasteiger partial charge in [0.25, 0.3) is 17.2 Å². The molecule has 1 aromatic carbocycles. The Labute approximate surface area is 225 Å². The predicted octanol–water partition coefficient (Wildman–Crippen LogP) is 0.828. The Bertz CT molecular complexity index is 1450. The number of hydrogen-bond acceptors (Lipinski definition) is 6. The number of carbonyl (C=O) groups is 3. The maximum absolute atomic E-state index is 14.6. The maximum Gasteiger partial charge on any atom is 0.430 e. The molecule has 10 nitrogen and oxygen atoms in total. The van der Waals surface area contributed by atoms with Crippen LogP contribution in [-0.2, 0) is 11.2 Å². The van der Waals surface area contributed by atoms with Crippen molar-refractivity contribution in [3.8, 4) is 0 Å². The first kappa shape index (κ1) is 29.9. The van der Waals surface area contributed by atoms with Gasteiger partial charge in [0.15, 0.2) is 6.20 Å². The number of carbonyl (C=O) groups excluding carboxylic acids is 3. The van der Waals surface area contributed by atoms with E-state index in [0.29, 0.717) is 49.6 Å². The summed E-state index contributed by atoms with van der Waals surface area (Å²) in [6, 6.07) is 9.72. The number of piperazine rings is 1. The molecule has 0 unspecified atom stereocenters. The molecule has 0 atom stereocenters. The predicted molar refractivity (Wildman–Crippen MR) is 129 cm³/mol. The van der Waals surface area contributed by atoms with Gasteiger partial charge in [-0.1, -0.05) is 6.07 Å². The Balaban J connectivity index is 0.000000559. The highest BCUT2D eigenvalue weighted by Crippen LogP contribution is 2.19. The molecular formula is C26H25F4N5O5. The number of pyridine rings is 1. The van der Waals surface area contributed by atoms with Gasteiger partial charge in [-0.3, -0.25) is 14.4 Å². The standard InChI is InChI=1S/C24H24FN5O3.C2HF3O2/c1-15-16(2)22(31)28-27-21(15)14-17-6-7-19(25)18(13-17)23(32)29-9-11-30(12-10-29)24(33)20-5-3-4-8-26-20;3-2(4,5)1(6)7/h3-8,13H,9-12,14H2,1-2H3,(H,28,31);(H,6,7). The Morgan fingerprint density at radius 2 is 1.60 bits per heavy atom. The molecule has 212 valence electrons. The van der Waals surface area contributed by atoms with Crippen molar-refractivity contribution < 1.29 is 42.0 Å². The molecule has 1 saturated heterocycles. The lowest BCUT2D eigenvalue weighted by Gasteiger charge is -2.34. The van der Waals surface area contributed by atoms with Gasteiger partial charge >= 0.3 is 12.1 Å². The zero-order valence-electron chi connectivity index (χ0n) is 21.5. The van der Waals surface area contributed by atoms with Crippen LogP contribution in [-0.4, -0.2) is 70.1 Å². The summed E-state index contributed by atoms with van der Waals surface area (Å²) < 4.78 is 46.1. The Hall–Kier alpha value is -4.62. The molecule has 2 N–H and O–H groups in total. The van der Waals surface area contributed by atoms with Crippen molar-refractivity contribution >= 4 is 17.8 Å². The lowest BCUT2D eigenvalue weighted by Crippen LogP contribution is -2.51. The number of alkyl halides is 3. The third-order valence-electron chi connectivity index (χ3n) is 6.29. The average molecular weight is 564 g/mol. The molecule has 3 heterocycles. The van der Waals surface area contributed by atoms with Crippen molar-refractivity contribution in [3.05, 3.63) is 92.4 Å². The van der Waals surface area contributed by atoms with E-state index in [4.69, 9.17) is 9.90 Å². The molecule has 0 spiro atoms. The highest BCUT2D eigenvalue weighted by atomic mass is 19.4. The molecule has 1 aliphatic heterocycles. The quantitative estimate of drug-likeness (QED) is 0.467. The van der Waals surface area contributed by atoms with Crippen LogP contribution in [0, 0.1) is 19.7 Å². The number of aromatic nitrogens is 3. The van der Waals surface area contributed by atoms with E-state index in [1.807, 2.05) is 6.92 Å². The summed E-state index contributed by atoms with van der Waals surface area (Å²) in [7, 11) is 0. The van der Waals surface area contributed by atoms with Gasteiger partial charge in [0.1, 0.15) is 11.8 Å². The first-order valence-corrected chi connectivity index (χ1v) is 12.0. The van der Waals surface area contributed by atoms with Crippen LogP contribution in [0.1, 0.15) is 43.2 Å². The van der Waals surface area contributed by atoms with Crippen LogP contribution in [0.3, 0.4) is 0 Å². The number of nitrogens with one attached hydrogen (secondary N) is 2. The van der Waals surface area contributed by atoms with Crippen LogP contribution in [0.2, 0.25) is 0 Å². The third kappa shape index (κ3) is 7.27. The highest BCUT2D eigenvalue weighted by Gasteiger charge is 2.29. The van der Waals surface area contributed by atoms with Crippen molar-refractivity contribution in [1.29, 1.82) is 0 Å². The molecule has 0 radical (unpaired) electrons. The molecule has 4 rings (SSSR count). The molecular weight excluding hydrogens is 538 g/mol. The van der Waals surface area contributed by atoms with Crippen molar-refractivity contribution in [2.24, 2.45) is 0 Å². The van der Waals surface area contributed by atoms with Crippen LogP contribution in [0.15, 0.2) is 47.4 Å². The number of aromatic amines is 2. The van der Waals surface area contributed by atoms with Gasteiger partial charge in [0.05, 0.1) is 11.3 Å². The van der Waals surface area contributed by atoms with Crippen molar-refractivity contribution in [2.45, 2.75) is 26.4 Å². The van der Waals surface area contributed by atoms with Crippen LogP contribution in [0.4, 0.5) is 17.6 Å². The number of H-pyrrole nitrogens is 2. The minimum atomic E-state index is -5.19. The number of benzene rings is 1. The van der Waals surface area contributed by atoms with Gasteiger partial charge in [-0.25, -0.2) is 14.5 Å². The van der Waals surface area contributed by atoms with Crippen molar-refractivity contribution in [1.82, 2.24) is 20.0 Å². The summed E-state index contributed by atoms with van der Waals surface area (Å²) in [4.78, 5) is 52.3. The normalized spacial score (nSPS) is 13.3. The number of carboxylic acids is 1. The number of nitrogens with zero attached hydrogens (tertiary/aromatic N) is 3. The smallest absolute Gasteiger partial charge is 0.430 e. The van der Waals surface area contributed by atoms with Crippen LogP contribution in [0.5, 0.6) is 0 Å². The number of rotatable bonds is 4. The minimum Gasteiger partial charge on any atom is -0.542 e. The monoisotopic (exact) mass is 563 g/mol. The molecule has 40 heavy (non-hydrogen) atoms. The highest BCUT2D eigenvalue weighted by molar-refractivity contribution is 5.95. The van der Waals surface area contributed by atoms with Gasteiger partial charge in [-0.05, 0) is 43.2 Å². The maximum atomic E-state index is 14.6. The molecule has 1 fully saturated rings. The van der Waals surface area contributed by atoms with E-state index in [-0.39, 0.29) is 17.0 Å². The fourth-order valence-corrected chi connectivity index (χ4v) is 3.86. The van der Waals surface area contributed by atoms with Crippen molar-refractivity contribution in [3.63, 3.8) is 0 Å². The van der Waals surface area contributed by atoms with E-state index in [9.17, 15) is 31.9 Å². The second-order valence-electron chi connectivity index (χ2n) is 8.89. The van der Waals surface area contributed by atoms with E-state index in [0.717, 1.165) is 11.1 Å². The summed E-state index contributed by atoms with van der Waals surface area (Å²) in [6.45, 7) is 4.92. The van der Waals surface area contributed by atoms with Crippen LogP contribution >= 0.6 is 0 Å². The molecule has 3 aromatic rings. The van der Waals surface area contributed by atoms with Gasteiger partial charge in [0, 0.05) is 50.3 Å². The Morgan fingerprint density at radius 1 is 1.00 bits per heavy atom. The van der Waals surface area contributed by atoms with Gasteiger partial charge < -0.3 is 19.7 Å². The topological polar surface area (TPSA) is 141 Å². The fourth-order valence-electron chi connectivity index (χ4n) is 3.86. The van der Waals surface area contributed by atoms with E-state index < -0.39 is 23.9 Å². The van der Waals surface area contributed by atoms with Gasteiger partial charge in [-0.2, -0.15) is 18.3 Å². The molecule has 0 bridgehead atoms. The summed E-state index contributed by atoms with van der Waals surface area (Å²) >= 11 is 0. The number of halogens is 4. The molecule has 1 aliphatic rings. The van der Waals surface area contributed by atoms with Gasteiger partial charge in [0.2, 0.25) is 0 Å². The summed E-state index contributed by atoms with van der Waals surface area (Å²) in [5, 5.41) is 15.4. The third-order valence-corrected chi connectivity index (χ3v) is 6.29. The SMILES string of the molecule is Cc1c(Cc2ccc(F)c(C(=O)N3CCN(C(=O)c4cccc[nH+]4)CC3)c2)n[nH]c(=O)c1C.O=C([O-])C(F)(F)F. The summed E-state index contributed by atoms with van der Waals surface area (Å²) in [5.41, 5.74) is 2.97. The molecule has 2 amide bonds. The minimum absolute atomic E-state index is 0.0116. The first-order valence-electron chi connectivity index (χ1n) is 12.0. The van der Waals surface area contributed by atoms with Crippen molar-refractivity contribution in [2.75, 3.05) is 26.2 Å². The fraction of sp³-hybridized carbons (Fsp3) is 0.308. The van der Waals surface area contributed by atoms with E-state index >= 15 is 0 Å². The number of amides is 2. The second kappa shape index (κ2) is 12.5. The molecule has 0 aliphatic carbocycles. The summed E-state index contributed by atoms with van der Waals surface area (Å²) in [6.07, 6.45) is -3.14. The lowest BCUT2D eigenvalue weighted by atomic mass is 10.0. The van der Waals surface area contributed by atoms with Crippen LogP contribution < -0.4 is 15.6 Å². The van der Waals surface area contributed by atoms with E-state index in [1.165, 1.54) is 12.1 Å². The van der Waals surface area contributed by atoms with Crippen LogP contribution in [0.25, 0.3) is 0 Å². The number of carboxylic acid groups (broad SMARTS) is 1.